The molecule has 4 aromatic rings. The van der Waals surface area contributed by atoms with Gasteiger partial charge in [0.15, 0.2) is 5.82 Å². The predicted molar refractivity (Wildman–Crippen MR) is 132 cm³/mol. The molecule has 8 heteroatoms. The molecule has 4 aromatic heterocycles. The second-order valence-corrected chi connectivity index (χ2v) is 7.97. The van der Waals surface area contributed by atoms with Gasteiger partial charge in [0.25, 0.3) is 0 Å². The molecule has 4 rings (SSSR count). The maximum absolute atomic E-state index is 5.88. The molecule has 0 saturated heterocycles. The average Bonchev–Trinajstić information content (AvgIpc) is 2.82. The Labute approximate surface area is 192 Å². The van der Waals surface area contributed by atoms with Crippen molar-refractivity contribution in [1.29, 1.82) is 0 Å². The third-order valence-corrected chi connectivity index (χ3v) is 5.08. The number of aromatic nitrogens is 5. The minimum Gasteiger partial charge on any atom is -0.404 e. The van der Waals surface area contributed by atoms with Crippen LogP contribution in [0.15, 0.2) is 66.1 Å². The summed E-state index contributed by atoms with van der Waals surface area (Å²) in [7, 11) is 0. The van der Waals surface area contributed by atoms with Crippen LogP contribution in [0.5, 0.6) is 0 Å². The molecule has 3 N–H and O–H groups in total. The van der Waals surface area contributed by atoms with Crippen LogP contribution in [0.4, 0.5) is 11.6 Å². The van der Waals surface area contributed by atoms with Crippen LogP contribution in [0, 0.1) is 6.92 Å². The predicted octanol–water partition coefficient (Wildman–Crippen LogP) is 4.56. The van der Waals surface area contributed by atoms with E-state index in [4.69, 9.17) is 10.7 Å². The van der Waals surface area contributed by atoms with Gasteiger partial charge in [-0.2, -0.15) is 5.10 Å². The third kappa shape index (κ3) is 5.54. The van der Waals surface area contributed by atoms with Crippen LogP contribution in [0.25, 0.3) is 16.6 Å². The highest BCUT2D eigenvalue weighted by atomic mass is 15.2. The lowest BCUT2D eigenvalue weighted by atomic mass is 10.1. The molecule has 0 spiro atoms. The van der Waals surface area contributed by atoms with Crippen molar-refractivity contribution < 1.29 is 0 Å². The number of aliphatic imine (C=N–C) groups is 1. The van der Waals surface area contributed by atoms with Crippen molar-refractivity contribution in [2.45, 2.75) is 33.2 Å². The van der Waals surface area contributed by atoms with E-state index in [1.807, 2.05) is 49.4 Å². The SMILES string of the molecule is Cc1cccc(CN=CC(=CN)c2cnc3ccc(Nc4cc(C(C)C)cnn4)nc3c2)n1. The number of hydrogen-bond acceptors (Lipinski definition) is 8. The van der Waals surface area contributed by atoms with E-state index in [9.17, 15) is 0 Å². The second-order valence-electron chi connectivity index (χ2n) is 7.97. The Morgan fingerprint density at radius 3 is 2.73 bits per heavy atom. The lowest BCUT2D eigenvalue weighted by Gasteiger charge is -2.09. The van der Waals surface area contributed by atoms with E-state index in [2.05, 4.69) is 44.3 Å². The zero-order valence-electron chi connectivity index (χ0n) is 18.9. The van der Waals surface area contributed by atoms with Gasteiger partial charge in [0.05, 0.1) is 29.5 Å². The summed E-state index contributed by atoms with van der Waals surface area (Å²) in [6, 6.07) is 13.6. The summed E-state index contributed by atoms with van der Waals surface area (Å²) in [6.45, 7) is 6.67. The summed E-state index contributed by atoms with van der Waals surface area (Å²) in [6.07, 6.45) is 6.80. The van der Waals surface area contributed by atoms with Crippen molar-refractivity contribution in [3.8, 4) is 0 Å². The number of anilines is 2. The molecule has 0 aliphatic heterocycles. The summed E-state index contributed by atoms with van der Waals surface area (Å²) in [5, 5.41) is 11.5. The van der Waals surface area contributed by atoms with Crippen molar-refractivity contribution >= 4 is 34.5 Å². The van der Waals surface area contributed by atoms with Crippen LogP contribution in [-0.2, 0) is 6.54 Å². The van der Waals surface area contributed by atoms with Crippen LogP contribution in [0.2, 0.25) is 0 Å². The summed E-state index contributed by atoms with van der Waals surface area (Å²) < 4.78 is 0. The van der Waals surface area contributed by atoms with Crippen molar-refractivity contribution in [2.24, 2.45) is 10.7 Å². The monoisotopic (exact) mass is 438 g/mol. The molecule has 4 heterocycles. The molecule has 8 nitrogen and oxygen atoms in total. The second kappa shape index (κ2) is 9.95. The van der Waals surface area contributed by atoms with Gasteiger partial charge in [-0.3, -0.25) is 15.0 Å². The number of nitrogens with two attached hydrogens (primary N) is 1. The molecule has 0 aliphatic rings. The van der Waals surface area contributed by atoms with Crippen LogP contribution >= 0.6 is 0 Å². The Hall–Kier alpha value is -4.20. The molecule has 0 aromatic carbocycles. The highest BCUT2D eigenvalue weighted by Crippen LogP contribution is 2.21. The number of nitrogens with one attached hydrogen (secondary N) is 1. The largest absolute Gasteiger partial charge is 0.404 e. The van der Waals surface area contributed by atoms with Crippen LogP contribution < -0.4 is 11.1 Å². The first-order chi connectivity index (χ1) is 16.0. The first-order valence-corrected chi connectivity index (χ1v) is 10.7. The fourth-order valence-electron chi connectivity index (χ4n) is 3.26. The standard InChI is InChI=1S/C25H26N8/c1-16(2)18-10-25(33-29-14-18)32-24-8-7-22-23(31-24)9-19(13-28-22)20(11-26)12-27-15-21-6-4-5-17(3)30-21/h4-14,16H,15,26H2,1-3H3,(H,31,32,33). The van der Waals surface area contributed by atoms with Gasteiger partial charge >= 0.3 is 0 Å². The van der Waals surface area contributed by atoms with Crippen molar-refractivity contribution in [2.75, 3.05) is 5.32 Å². The Morgan fingerprint density at radius 2 is 1.94 bits per heavy atom. The summed E-state index contributed by atoms with van der Waals surface area (Å²) >= 11 is 0. The molecule has 0 amide bonds. The quantitative estimate of drug-likeness (QED) is 0.406. The van der Waals surface area contributed by atoms with Gasteiger partial charge in [0, 0.05) is 35.4 Å². The lowest BCUT2D eigenvalue weighted by Crippen LogP contribution is -2.00. The van der Waals surface area contributed by atoms with E-state index in [0.29, 0.717) is 24.1 Å². The van der Waals surface area contributed by atoms with Crippen molar-refractivity contribution in [3.05, 3.63) is 83.6 Å². The van der Waals surface area contributed by atoms with E-state index < -0.39 is 0 Å². The zero-order valence-corrected chi connectivity index (χ0v) is 18.9. The van der Waals surface area contributed by atoms with Gasteiger partial charge in [0.2, 0.25) is 0 Å². The number of rotatable bonds is 7. The number of aryl methyl sites for hydroxylation is 1. The van der Waals surface area contributed by atoms with Crippen LogP contribution in [-0.4, -0.2) is 31.4 Å². The van der Waals surface area contributed by atoms with E-state index in [1.165, 1.54) is 6.20 Å². The molecule has 0 bridgehead atoms. The van der Waals surface area contributed by atoms with Gasteiger partial charge in [-0.25, -0.2) is 4.98 Å². The summed E-state index contributed by atoms with van der Waals surface area (Å²) in [5.74, 6) is 1.67. The average molecular weight is 439 g/mol. The van der Waals surface area contributed by atoms with E-state index in [-0.39, 0.29) is 0 Å². The maximum Gasteiger partial charge on any atom is 0.154 e. The fourth-order valence-corrected chi connectivity index (χ4v) is 3.26. The van der Waals surface area contributed by atoms with E-state index >= 15 is 0 Å². The molecule has 0 aliphatic carbocycles. The molecule has 33 heavy (non-hydrogen) atoms. The molecule has 0 fully saturated rings. The highest BCUT2D eigenvalue weighted by Gasteiger charge is 2.07. The van der Waals surface area contributed by atoms with Gasteiger partial charge in [-0.15, -0.1) is 5.10 Å². The normalized spacial score (nSPS) is 12.1. The first-order valence-electron chi connectivity index (χ1n) is 10.7. The van der Waals surface area contributed by atoms with Crippen molar-refractivity contribution in [3.63, 3.8) is 0 Å². The van der Waals surface area contributed by atoms with E-state index in [0.717, 1.165) is 39.1 Å². The van der Waals surface area contributed by atoms with Crippen LogP contribution in [0.3, 0.4) is 0 Å². The van der Waals surface area contributed by atoms with E-state index in [1.54, 1.807) is 18.6 Å². The number of pyridine rings is 3. The smallest absolute Gasteiger partial charge is 0.154 e. The number of allylic oxidation sites excluding steroid dienone is 1. The molecule has 0 unspecified atom stereocenters. The number of fused-ring (bicyclic) bond motifs is 1. The molecule has 0 atom stereocenters. The highest BCUT2D eigenvalue weighted by molar-refractivity contribution is 6.10. The topological polar surface area (TPSA) is 115 Å². The Kier molecular flexibility index (Phi) is 6.64. The number of nitrogens with zero attached hydrogens (tertiary/aromatic N) is 6. The Morgan fingerprint density at radius 1 is 1.06 bits per heavy atom. The van der Waals surface area contributed by atoms with Gasteiger partial charge < -0.3 is 11.1 Å². The van der Waals surface area contributed by atoms with Gasteiger partial charge in [0.1, 0.15) is 5.82 Å². The Balaban J connectivity index is 1.54. The molecular weight excluding hydrogens is 412 g/mol. The van der Waals surface area contributed by atoms with Crippen LogP contribution in [0.1, 0.15) is 42.3 Å². The minimum atomic E-state index is 0.363. The fraction of sp³-hybridized carbons (Fsp3) is 0.200. The summed E-state index contributed by atoms with van der Waals surface area (Å²) in [5.41, 5.74) is 12.0. The molecule has 0 saturated carbocycles. The molecular formula is C25H26N8. The van der Waals surface area contributed by atoms with Crippen molar-refractivity contribution in [1.82, 2.24) is 25.1 Å². The Bertz CT molecular complexity index is 1330. The minimum absolute atomic E-state index is 0.363. The summed E-state index contributed by atoms with van der Waals surface area (Å²) in [4.78, 5) is 18.2. The van der Waals surface area contributed by atoms with Gasteiger partial charge in [-0.05, 0) is 54.8 Å². The lowest BCUT2D eigenvalue weighted by molar-refractivity contribution is 0.843. The van der Waals surface area contributed by atoms with Gasteiger partial charge in [-0.1, -0.05) is 19.9 Å². The molecule has 166 valence electrons. The number of hydrogen-bond donors (Lipinski definition) is 2. The zero-order chi connectivity index (χ0) is 23.2. The third-order valence-electron chi connectivity index (χ3n) is 5.08. The maximum atomic E-state index is 5.88. The first kappa shape index (κ1) is 22.0. The molecule has 0 radical (unpaired) electrons.